The Morgan fingerprint density at radius 2 is 1.27 bits per heavy atom. The molecule has 1 aromatic rings. The van der Waals surface area contributed by atoms with E-state index < -0.39 is 0 Å². The number of hydrogen-bond donors (Lipinski definition) is 0. The Bertz CT molecular complexity index is 862. The molecule has 0 aromatic heterocycles. The maximum atomic E-state index is 4.20. The number of nitrogens with zero attached hydrogens (tertiary/aromatic N) is 2. The summed E-state index contributed by atoms with van der Waals surface area (Å²) < 4.78 is 0. The maximum absolute atomic E-state index is 4.20. The SMILES string of the molecule is CC1=CC2=CN(c3c(C)cc(C)cc3C)[CH-]N2C2CCCC12.CC1C(C)C(C)C(C)C1C.[CH3-].[CH3-].[Cl][Cu+].[Fe+2]. The van der Waals surface area contributed by atoms with E-state index >= 15 is 0 Å². The van der Waals surface area contributed by atoms with Gasteiger partial charge in [-0.3, -0.25) is 0 Å². The summed E-state index contributed by atoms with van der Waals surface area (Å²) in [5.74, 6) is 5.43. The number of fused-ring (bicyclic) bond motifs is 3. The Kier molecular flexibility index (Phi) is 15.3. The molecule has 2 aliphatic carbocycles. The molecule has 2 unspecified atom stereocenters. The molecule has 2 aliphatic heterocycles. The van der Waals surface area contributed by atoms with Crippen LogP contribution in [0.15, 0.2) is 35.7 Å². The molecule has 215 valence electrons. The predicted molar refractivity (Wildman–Crippen MR) is 157 cm³/mol. The molecule has 0 radical (unpaired) electrons. The van der Waals surface area contributed by atoms with E-state index in [4.69, 9.17) is 0 Å². The molecule has 2 saturated carbocycles. The molecule has 0 amide bonds. The summed E-state index contributed by atoms with van der Waals surface area (Å²) in [6, 6.07) is 5.24. The van der Waals surface area contributed by atoms with Gasteiger partial charge in [-0.2, -0.15) is 6.67 Å². The van der Waals surface area contributed by atoms with Crippen molar-refractivity contribution in [1.82, 2.24) is 4.90 Å². The van der Waals surface area contributed by atoms with Crippen LogP contribution < -0.4 is 4.90 Å². The van der Waals surface area contributed by atoms with Crippen molar-refractivity contribution in [2.24, 2.45) is 35.5 Å². The number of aryl methyl sites for hydroxylation is 3. The van der Waals surface area contributed by atoms with E-state index in [-0.39, 0.29) is 31.9 Å². The molecule has 0 spiro atoms. The van der Waals surface area contributed by atoms with E-state index in [2.05, 4.69) is 128 Å². The summed E-state index contributed by atoms with van der Waals surface area (Å²) in [6.45, 7) is 23.2. The summed E-state index contributed by atoms with van der Waals surface area (Å²) in [7, 11) is 4.20. The molecule has 1 aromatic carbocycles. The van der Waals surface area contributed by atoms with E-state index in [0.29, 0.717) is 6.04 Å². The van der Waals surface area contributed by atoms with Crippen molar-refractivity contribution in [2.75, 3.05) is 4.90 Å². The molecular weight excluding hydrogens is 567 g/mol. The molecule has 0 saturated heterocycles. The monoisotopic (exact) mass is 617 g/mol. The minimum absolute atomic E-state index is 0. The summed E-state index contributed by atoms with van der Waals surface area (Å²) in [5.41, 5.74) is 8.32. The van der Waals surface area contributed by atoms with Gasteiger partial charge in [0.05, 0.1) is 0 Å². The van der Waals surface area contributed by atoms with Crippen LogP contribution in [0.4, 0.5) is 5.69 Å². The number of allylic oxidation sites excluding steroid dienone is 1. The topological polar surface area (TPSA) is 6.48 Å². The summed E-state index contributed by atoms with van der Waals surface area (Å²) in [6.07, 6.45) is 8.74. The first-order valence-electron chi connectivity index (χ1n) is 13.1. The van der Waals surface area contributed by atoms with Gasteiger partial charge in [-0.1, -0.05) is 64.3 Å². The quantitative estimate of drug-likeness (QED) is 0.229. The van der Waals surface area contributed by atoms with Gasteiger partial charge in [-0.15, -0.1) is 0 Å². The first-order valence-corrected chi connectivity index (χ1v) is 14.4. The van der Waals surface area contributed by atoms with Gasteiger partial charge in [0.1, 0.15) is 0 Å². The molecule has 37 heavy (non-hydrogen) atoms. The fourth-order valence-corrected chi connectivity index (χ4v) is 7.07. The largest absolute Gasteiger partial charge is 2.00 e. The minimum atomic E-state index is 0. The number of rotatable bonds is 1. The van der Waals surface area contributed by atoms with E-state index in [0.717, 1.165) is 35.5 Å². The smallest absolute Gasteiger partial charge is 2.00 e. The van der Waals surface area contributed by atoms with Crippen LogP contribution >= 0.6 is 10.1 Å². The molecule has 2 atom stereocenters. The van der Waals surface area contributed by atoms with E-state index in [1.165, 1.54) is 47.3 Å². The standard InChI is InChI=1S/C20H25N2.C10H20.2CH3.ClH.Cu.Fe/c1-13-8-15(3)20(16(4)9-13)21-11-17-10-14(2)18-6-5-7-19(18)22(17)12-21;1-6-7(2)9(4)10(5)8(6)3;;;;;/h8-12,18-19H,5-7H2,1-4H3;6-10H,1-5H3;2*1H3;1H;;/q-1;;2*-1;;2*+2/p-1. The van der Waals surface area contributed by atoms with E-state index in [1.807, 2.05) is 0 Å². The second-order valence-electron chi connectivity index (χ2n) is 11.5. The maximum Gasteiger partial charge on any atom is 2.00 e. The molecule has 4 aliphatic rings. The van der Waals surface area contributed by atoms with Crippen LogP contribution in [-0.2, 0) is 32.2 Å². The Morgan fingerprint density at radius 1 is 0.811 bits per heavy atom. The minimum Gasteiger partial charge on any atom is 2.00 e. The average Bonchev–Trinajstić information content (AvgIpc) is 3.48. The molecule has 5 heteroatoms. The van der Waals surface area contributed by atoms with Crippen molar-refractivity contribution in [2.45, 2.75) is 87.6 Å². The average molecular weight is 619 g/mol. The number of hydrogen-bond acceptors (Lipinski definition) is 2. The van der Waals surface area contributed by atoms with Gasteiger partial charge in [0.15, 0.2) is 0 Å². The van der Waals surface area contributed by atoms with Crippen LogP contribution in [0.1, 0.15) is 77.5 Å². The Morgan fingerprint density at radius 3 is 1.73 bits per heavy atom. The van der Waals surface area contributed by atoms with Crippen molar-refractivity contribution in [3.8, 4) is 0 Å². The molecule has 0 N–H and O–H groups in total. The van der Waals surface area contributed by atoms with E-state index in [1.54, 1.807) is 5.57 Å². The van der Waals surface area contributed by atoms with Gasteiger partial charge in [0.2, 0.25) is 0 Å². The molecule has 2 nitrogen and oxygen atoms in total. The van der Waals surface area contributed by atoms with Crippen LogP contribution in [0.25, 0.3) is 0 Å². The zero-order valence-electron chi connectivity index (χ0n) is 25.0. The summed E-state index contributed by atoms with van der Waals surface area (Å²) in [4.78, 5) is 4.85. The van der Waals surface area contributed by atoms with Crippen molar-refractivity contribution in [3.63, 3.8) is 0 Å². The first-order chi connectivity index (χ1) is 16.1. The van der Waals surface area contributed by atoms with Crippen molar-refractivity contribution in [3.05, 3.63) is 73.9 Å². The van der Waals surface area contributed by atoms with Gasteiger partial charge in [-0.05, 0) is 99.4 Å². The Hall–Kier alpha value is -0.371. The molecule has 2 heterocycles. The van der Waals surface area contributed by atoms with Gasteiger partial charge in [0.25, 0.3) is 0 Å². The Labute approximate surface area is 253 Å². The fraction of sp³-hybridized carbons (Fsp3) is 0.594. The number of benzene rings is 1. The number of halogens is 1. The summed E-state index contributed by atoms with van der Waals surface area (Å²) in [5, 5.41) is 0. The zero-order valence-corrected chi connectivity index (χ0v) is 27.8. The van der Waals surface area contributed by atoms with Crippen LogP contribution in [0, 0.1) is 77.8 Å². The molecule has 2 fully saturated rings. The van der Waals surface area contributed by atoms with E-state index in [9.17, 15) is 0 Å². The summed E-state index contributed by atoms with van der Waals surface area (Å²) >= 11 is 3.66. The molecule has 0 bridgehead atoms. The first kappa shape index (κ1) is 36.6. The molecular formula is C32H51ClCuFeN2. The van der Waals surface area contributed by atoms with Gasteiger partial charge in [-0.25, -0.2) is 0 Å². The van der Waals surface area contributed by atoms with Gasteiger partial charge < -0.3 is 24.7 Å². The van der Waals surface area contributed by atoms with Crippen molar-refractivity contribution in [1.29, 1.82) is 0 Å². The third kappa shape index (κ3) is 7.43. The van der Waals surface area contributed by atoms with Crippen LogP contribution in [0.3, 0.4) is 0 Å². The molecule has 5 rings (SSSR count). The third-order valence-corrected chi connectivity index (χ3v) is 9.66. The van der Waals surface area contributed by atoms with Gasteiger partial charge >= 0.3 is 42.3 Å². The van der Waals surface area contributed by atoms with Crippen LogP contribution in [0.2, 0.25) is 0 Å². The third-order valence-electron chi connectivity index (χ3n) is 9.66. The van der Waals surface area contributed by atoms with Crippen molar-refractivity contribution < 1.29 is 32.2 Å². The second kappa shape index (κ2) is 15.4. The van der Waals surface area contributed by atoms with Crippen molar-refractivity contribution >= 4 is 15.8 Å². The second-order valence-corrected chi connectivity index (χ2v) is 11.5. The zero-order chi connectivity index (χ0) is 25.3. The van der Waals surface area contributed by atoms with Crippen LogP contribution in [-0.4, -0.2) is 10.9 Å². The number of anilines is 1. The fourth-order valence-electron chi connectivity index (χ4n) is 7.07. The normalized spacial score (nSPS) is 31.1. The van der Waals surface area contributed by atoms with Crippen LogP contribution in [0.5, 0.6) is 0 Å². The van der Waals surface area contributed by atoms with Gasteiger partial charge in [0, 0.05) is 17.4 Å². The predicted octanol–water partition coefficient (Wildman–Crippen LogP) is 9.59. The Balaban J connectivity index is 0.000000744.